The molecule has 0 saturated carbocycles. The lowest BCUT2D eigenvalue weighted by Crippen LogP contribution is -2.23. The number of halogens is 2. The van der Waals surface area contributed by atoms with Crippen LogP contribution in [0.3, 0.4) is 0 Å². The van der Waals surface area contributed by atoms with E-state index in [4.69, 9.17) is 0 Å². The van der Waals surface area contributed by atoms with Gasteiger partial charge >= 0.3 is 0 Å². The fourth-order valence-electron chi connectivity index (χ4n) is 2.32. The smallest absolute Gasteiger partial charge is 0.0422 e. The van der Waals surface area contributed by atoms with Gasteiger partial charge in [-0.3, -0.25) is 4.98 Å². The zero-order chi connectivity index (χ0) is 15.2. The highest BCUT2D eigenvalue weighted by atomic mass is 79.9. The maximum atomic E-state index is 4.58. The monoisotopic (exact) mass is 410 g/mol. The Morgan fingerprint density at radius 2 is 1.81 bits per heavy atom. The number of rotatable bonds is 6. The summed E-state index contributed by atoms with van der Waals surface area (Å²) in [6.45, 7) is 5.21. The zero-order valence-corrected chi connectivity index (χ0v) is 15.5. The van der Waals surface area contributed by atoms with Crippen LogP contribution in [0.2, 0.25) is 0 Å². The molecule has 1 unspecified atom stereocenters. The first kappa shape index (κ1) is 16.7. The van der Waals surface area contributed by atoms with Crippen LogP contribution in [-0.4, -0.2) is 11.5 Å². The summed E-state index contributed by atoms with van der Waals surface area (Å²) in [4.78, 5) is 4.58. The third kappa shape index (κ3) is 4.90. The van der Waals surface area contributed by atoms with E-state index < -0.39 is 0 Å². The summed E-state index contributed by atoms with van der Waals surface area (Å²) >= 11 is 7.13. The van der Waals surface area contributed by atoms with Crippen molar-refractivity contribution in [3.63, 3.8) is 0 Å². The van der Waals surface area contributed by atoms with Crippen LogP contribution in [0.25, 0.3) is 0 Å². The predicted octanol–water partition coefficient (Wildman–Crippen LogP) is 5.06. The Morgan fingerprint density at radius 1 is 1.10 bits per heavy atom. The summed E-state index contributed by atoms with van der Waals surface area (Å²) in [5, 5.41) is 3.55. The Bertz CT molecular complexity index is 562. The van der Waals surface area contributed by atoms with Crippen LogP contribution in [0.15, 0.2) is 45.5 Å². The van der Waals surface area contributed by atoms with E-state index in [1.807, 2.05) is 6.20 Å². The van der Waals surface area contributed by atoms with Crippen molar-refractivity contribution in [3.05, 3.63) is 62.3 Å². The van der Waals surface area contributed by atoms with Gasteiger partial charge in [0.05, 0.1) is 0 Å². The maximum absolute atomic E-state index is 4.58. The average molecular weight is 412 g/mol. The molecule has 1 heterocycles. The van der Waals surface area contributed by atoms with Gasteiger partial charge in [-0.1, -0.05) is 51.8 Å². The second-order valence-electron chi connectivity index (χ2n) is 5.03. The molecule has 2 aromatic rings. The summed E-state index contributed by atoms with van der Waals surface area (Å²) in [6.07, 6.45) is 3.90. The third-order valence-electron chi connectivity index (χ3n) is 3.45. The number of nitrogens with zero attached hydrogens (tertiary/aromatic N) is 1. The highest BCUT2D eigenvalue weighted by molar-refractivity contribution is 9.11. The summed E-state index contributed by atoms with van der Waals surface area (Å²) in [7, 11) is 0. The molecule has 2 nitrogen and oxygen atoms in total. The van der Waals surface area contributed by atoms with Crippen molar-refractivity contribution >= 4 is 31.9 Å². The molecule has 1 N–H and O–H groups in total. The number of benzene rings is 1. The van der Waals surface area contributed by atoms with Gasteiger partial charge in [0.25, 0.3) is 0 Å². The first-order valence-electron chi connectivity index (χ1n) is 7.25. The molecular weight excluding hydrogens is 392 g/mol. The van der Waals surface area contributed by atoms with Crippen molar-refractivity contribution in [3.8, 4) is 0 Å². The van der Waals surface area contributed by atoms with E-state index in [0.29, 0.717) is 0 Å². The number of aromatic nitrogens is 1. The molecule has 0 bridgehead atoms. The van der Waals surface area contributed by atoms with Crippen molar-refractivity contribution in [2.75, 3.05) is 6.54 Å². The van der Waals surface area contributed by atoms with Crippen molar-refractivity contribution in [1.82, 2.24) is 10.3 Å². The number of nitrogens with one attached hydrogen (secondary N) is 1. The van der Waals surface area contributed by atoms with Crippen LogP contribution < -0.4 is 5.32 Å². The highest BCUT2D eigenvalue weighted by Crippen LogP contribution is 2.26. The topological polar surface area (TPSA) is 24.9 Å². The minimum atomic E-state index is 0.267. The van der Waals surface area contributed by atoms with Crippen molar-refractivity contribution in [2.45, 2.75) is 32.7 Å². The van der Waals surface area contributed by atoms with Crippen LogP contribution in [-0.2, 0) is 12.8 Å². The Labute approximate surface area is 143 Å². The van der Waals surface area contributed by atoms with Crippen molar-refractivity contribution < 1.29 is 0 Å². The van der Waals surface area contributed by atoms with Gasteiger partial charge < -0.3 is 5.32 Å². The lowest BCUT2D eigenvalue weighted by molar-refractivity contribution is 0.543. The third-order valence-corrected chi connectivity index (χ3v) is 4.36. The van der Waals surface area contributed by atoms with Gasteiger partial charge in [0.2, 0.25) is 0 Å². The molecule has 0 aliphatic rings. The second-order valence-corrected chi connectivity index (χ2v) is 6.86. The quantitative estimate of drug-likeness (QED) is 0.718. The van der Waals surface area contributed by atoms with Gasteiger partial charge in [-0.15, -0.1) is 0 Å². The molecule has 21 heavy (non-hydrogen) atoms. The number of hydrogen-bond acceptors (Lipinski definition) is 2. The number of likely N-dealkylation sites (N-methyl/N-ethyl adjacent to an activating group) is 1. The van der Waals surface area contributed by atoms with E-state index in [1.54, 1.807) is 0 Å². The van der Waals surface area contributed by atoms with Crippen LogP contribution in [0.1, 0.15) is 36.7 Å². The van der Waals surface area contributed by atoms with Crippen molar-refractivity contribution in [2.24, 2.45) is 0 Å². The largest absolute Gasteiger partial charge is 0.310 e. The molecule has 2 rings (SSSR count). The first-order valence-corrected chi connectivity index (χ1v) is 8.84. The van der Waals surface area contributed by atoms with Crippen LogP contribution >= 0.6 is 31.9 Å². The fraction of sp³-hybridized carbons (Fsp3) is 0.353. The Balaban J connectivity index is 2.21. The fourth-order valence-corrected chi connectivity index (χ4v) is 3.65. The predicted molar refractivity (Wildman–Crippen MR) is 95.6 cm³/mol. The van der Waals surface area contributed by atoms with Crippen LogP contribution in [0.5, 0.6) is 0 Å². The molecule has 4 heteroatoms. The molecule has 0 amide bonds. The zero-order valence-electron chi connectivity index (χ0n) is 12.4. The van der Waals surface area contributed by atoms with E-state index in [2.05, 4.69) is 86.3 Å². The van der Waals surface area contributed by atoms with Gasteiger partial charge in [-0.25, -0.2) is 0 Å². The minimum Gasteiger partial charge on any atom is -0.310 e. The molecule has 1 atom stereocenters. The van der Waals surface area contributed by atoms with Gasteiger partial charge in [-0.05, 0) is 48.4 Å². The lowest BCUT2D eigenvalue weighted by Gasteiger charge is -2.19. The molecule has 0 aliphatic carbocycles. The average Bonchev–Trinajstić information content (AvgIpc) is 2.46. The normalized spacial score (nSPS) is 12.4. The van der Waals surface area contributed by atoms with Gasteiger partial charge in [0, 0.05) is 33.3 Å². The lowest BCUT2D eigenvalue weighted by atomic mass is 10.0. The first-order chi connectivity index (χ1) is 10.1. The summed E-state index contributed by atoms with van der Waals surface area (Å²) in [5.74, 6) is 0. The van der Waals surface area contributed by atoms with Crippen molar-refractivity contribution in [1.29, 1.82) is 0 Å². The van der Waals surface area contributed by atoms with E-state index in [0.717, 1.165) is 34.0 Å². The molecular formula is C17H20Br2N2. The highest BCUT2D eigenvalue weighted by Gasteiger charge is 2.13. The summed E-state index contributed by atoms with van der Waals surface area (Å²) in [5.41, 5.74) is 3.66. The van der Waals surface area contributed by atoms with Crippen LogP contribution in [0, 0.1) is 0 Å². The van der Waals surface area contributed by atoms with Gasteiger partial charge in [-0.2, -0.15) is 0 Å². The maximum Gasteiger partial charge on any atom is 0.0422 e. The van der Waals surface area contributed by atoms with Crippen LogP contribution in [0.4, 0.5) is 0 Å². The molecule has 0 fully saturated rings. The Kier molecular flexibility index (Phi) is 6.40. The van der Waals surface area contributed by atoms with Gasteiger partial charge in [0.15, 0.2) is 0 Å². The van der Waals surface area contributed by atoms with Gasteiger partial charge in [0.1, 0.15) is 0 Å². The minimum absolute atomic E-state index is 0.267. The second kappa shape index (κ2) is 8.06. The molecule has 112 valence electrons. The van der Waals surface area contributed by atoms with E-state index in [-0.39, 0.29) is 6.04 Å². The Hall–Kier alpha value is -0.710. The SMILES string of the molecule is CCNC(Cc1ccc(CC)cn1)c1cc(Br)cc(Br)c1. The standard InChI is InChI=1S/C17H20Br2N2/c1-3-12-5-6-16(21-11-12)10-17(20-4-2)13-7-14(18)9-15(19)8-13/h5-9,11,17,20H,3-4,10H2,1-2H3. The molecule has 0 aliphatic heterocycles. The molecule has 0 spiro atoms. The number of pyridine rings is 1. The molecule has 0 radical (unpaired) electrons. The molecule has 0 saturated heterocycles. The number of aryl methyl sites for hydroxylation is 1. The summed E-state index contributed by atoms with van der Waals surface area (Å²) in [6, 6.07) is 11.0. The van der Waals surface area contributed by atoms with E-state index in [9.17, 15) is 0 Å². The number of hydrogen-bond donors (Lipinski definition) is 1. The van der Waals surface area contributed by atoms with E-state index >= 15 is 0 Å². The Morgan fingerprint density at radius 3 is 2.33 bits per heavy atom. The molecule has 1 aromatic heterocycles. The summed E-state index contributed by atoms with van der Waals surface area (Å²) < 4.78 is 2.17. The molecule has 1 aromatic carbocycles. The van der Waals surface area contributed by atoms with E-state index in [1.165, 1.54) is 11.1 Å².